The molecule has 0 spiro atoms. The third-order valence-corrected chi connectivity index (χ3v) is 2.05. The minimum absolute atomic E-state index is 0.0606. The number of halogens is 6. The predicted molar refractivity (Wildman–Crippen MR) is 53.9 cm³/mol. The second-order valence-electron chi connectivity index (χ2n) is 3.48. The van der Waals surface area contributed by atoms with Gasteiger partial charge in [-0.1, -0.05) is 0 Å². The summed E-state index contributed by atoms with van der Waals surface area (Å²) in [4.78, 5) is 0. The Balaban J connectivity index is 3.04. The molecule has 0 unspecified atom stereocenters. The van der Waals surface area contributed by atoms with Crippen LogP contribution in [0.3, 0.4) is 0 Å². The SMILES string of the molecule is COc1cc(OC(C(F)(F)F)C(F)(F)F)ccc1N. The van der Waals surface area contributed by atoms with Crippen molar-refractivity contribution in [2.45, 2.75) is 18.5 Å². The van der Waals surface area contributed by atoms with E-state index in [-0.39, 0.29) is 11.4 Å². The van der Waals surface area contributed by atoms with Gasteiger partial charge in [0, 0.05) is 6.07 Å². The molecule has 0 amide bonds. The molecule has 108 valence electrons. The van der Waals surface area contributed by atoms with Crippen molar-refractivity contribution >= 4 is 5.69 Å². The number of nitrogen functional groups attached to an aromatic ring is 1. The Kier molecular flexibility index (Phi) is 4.06. The van der Waals surface area contributed by atoms with Crippen molar-refractivity contribution in [2.75, 3.05) is 12.8 Å². The Morgan fingerprint density at radius 3 is 2.00 bits per heavy atom. The van der Waals surface area contributed by atoms with E-state index in [0.29, 0.717) is 0 Å². The van der Waals surface area contributed by atoms with E-state index in [1.54, 1.807) is 0 Å². The second kappa shape index (κ2) is 5.06. The van der Waals surface area contributed by atoms with Crippen LogP contribution in [0.4, 0.5) is 32.0 Å². The fourth-order valence-electron chi connectivity index (χ4n) is 1.22. The van der Waals surface area contributed by atoms with Crippen molar-refractivity contribution in [3.63, 3.8) is 0 Å². The average Bonchev–Trinajstić information content (AvgIpc) is 2.24. The van der Waals surface area contributed by atoms with Crippen LogP contribution in [-0.2, 0) is 0 Å². The predicted octanol–water partition coefficient (Wildman–Crippen LogP) is 3.15. The summed E-state index contributed by atoms with van der Waals surface area (Å²) in [6, 6.07) is 2.82. The lowest BCUT2D eigenvalue weighted by Crippen LogP contribution is -2.46. The normalized spacial score (nSPS) is 12.6. The van der Waals surface area contributed by atoms with Gasteiger partial charge in [-0.15, -0.1) is 0 Å². The molecule has 0 aliphatic carbocycles. The minimum atomic E-state index is -5.58. The van der Waals surface area contributed by atoms with Crippen LogP contribution in [0, 0.1) is 0 Å². The van der Waals surface area contributed by atoms with Crippen molar-refractivity contribution in [2.24, 2.45) is 0 Å². The van der Waals surface area contributed by atoms with Crippen LogP contribution in [0.25, 0.3) is 0 Å². The summed E-state index contributed by atoms with van der Waals surface area (Å²) in [6.45, 7) is 0. The van der Waals surface area contributed by atoms with Gasteiger partial charge in [-0.3, -0.25) is 0 Å². The lowest BCUT2D eigenvalue weighted by molar-refractivity contribution is -0.299. The summed E-state index contributed by atoms with van der Waals surface area (Å²) in [5.41, 5.74) is 5.44. The molecule has 2 N–H and O–H groups in total. The molecule has 0 aromatic heterocycles. The second-order valence-corrected chi connectivity index (χ2v) is 3.48. The van der Waals surface area contributed by atoms with Crippen molar-refractivity contribution in [3.05, 3.63) is 18.2 Å². The maximum absolute atomic E-state index is 12.3. The molecule has 0 radical (unpaired) electrons. The van der Waals surface area contributed by atoms with Crippen molar-refractivity contribution in [3.8, 4) is 11.5 Å². The standard InChI is InChI=1S/C10H9F6NO2/c1-18-7-4-5(2-3-6(7)17)19-8(9(11,12)13)10(14,15)16/h2-4,8H,17H2,1H3. The van der Waals surface area contributed by atoms with Gasteiger partial charge in [-0.25, -0.2) is 0 Å². The van der Waals surface area contributed by atoms with Crippen LogP contribution in [0.2, 0.25) is 0 Å². The molecule has 19 heavy (non-hydrogen) atoms. The molecule has 0 aliphatic heterocycles. The Morgan fingerprint density at radius 1 is 1.05 bits per heavy atom. The zero-order valence-electron chi connectivity index (χ0n) is 9.47. The summed E-state index contributed by atoms with van der Waals surface area (Å²) in [7, 11) is 1.17. The summed E-state index contributed by atoms with van der Waals surface area (Å²) >= 11 is 0. The van der Waals surface area contributed by atoms with Gasteiger partial charge in [-0.05, 0) is 12.1 Å². The molecule has 1 aromatic rings. The smallest absolute Gasteiger partial charge is 0.434 e. The lowest BCUT2D eigenvalue weighted by atomic mass is 10.2. The van der Waals surface area contributed by atoms with Gasteiger partial charge in [0.25, 0.3) is 6.10 Å². The molecule has 0 heterocycles. The van der Waals surface area contributed by atoms with Gasteiger partial charge in [0.1, 0.15) is 11.5 Å². The highest BCUT2D eigenvalue weighted by molar-refractivity contribution is 5.55. The highest BCUT2D eigenvalue weighted by atomic mass is 19.4. The Morgan fingerprint density at radius 2 is 1.58 bits per heavy atom. The fourth-order valence-corrected chi connectivity index (χ4v) is 1.22. The molecule has 0 fully saturated rings. The lowest BCUT2D eigenvalue weighted by Gasteiger charge is -2.24. The van der Waals surface area contributed by atoms with Gasteiger partial charge in [0.2, 0.25) is 0 Å². The van der Waals surface area contributed by atoms with Crippen LogP contribution in [-0.4, -0.2) is 25.6 Å². The molecule has 3 nitrogen and oxygen atoms in total. The maximum atomic E-state index is 12.3. The third kappa shape index (κ3) is 3.83. The summed E-state index contributed by atoms with van der Waals surface area (Å²) in [5.74, 6) is -0.730. The van der Waals surface area contributed by atoms with Gasteiger partial charge >= 0.3 is 12.4 Å². The van der Waals surface area contributed by atoms with Crippen molar-refractivity contribution < 1.29 is 35.8 Å². The Labute approximate surface area is 103 Å². The Bertz CT molecular complexity index is 429. The van der Waals surface area contributed by atoms with Gasteiger partial charge in [-0.2, -0.15) is 26.3 Å². The van der Waals surface area contributed by atoms with E-state index in [4.69, 9.17) is 5.73 Å². The van der Waals surface area contributed by atoms with Crippen LogP contribution in [0.5, 0.6) is 11.5 Å². The largest absolute Gasteiger partial charge is 0.494 e. The van der Waals surface area contributed by atoms with E-state index < -0.39 is 24.2 Å². The molecular formula is C10H9F6NO2. The molecular weight excluding hydrogens is 280 g/mol. The highest BCUT2D eigenvalue weighted by Crippen LogP contribution is 2.37. The maximum Gasteiger partial charge on any atom is 0.434 e. The monoisotopic (exact) mass is 289 g/mol. The number of hydrogen-bond acceptors (Lipinski definition) is 3. The molecule has 0 saturated carbocycles. The number of nitrogens with two attached hydrogens (primary N) is 1. The topological polar surface area (TPSA) is 44.5 Å². The van der Waals surface area contributed by atoms with Crippen LogP contribution < -0.4 is 15.2 Å². The van der Waals surface area contributed by atoms with Crippen molar-refractivity contribution in [1.29, 1.82) is 0 Å². The van der Waals surface area contributed by atoms with E-state index in [9.17, 15) is 26.3 Å². The fraction of sp³-hybridized carbons (Fsp3) is 0.400. The quantitative estimate of drug-likeness (QED) is 0.686. The van der Waals surface area contributed by atoms with Gasteiger partial charge < -0.3 is 15.2 Å². The average molecular weight is 289 g/mol. The first-order chi connectivity index (χ1) is 8.55. The van der Waals surface area contributed by atoms with Crippen molar-refractivity contribution in [1.82, 2.24) is 0 Å². The Hall–Kier alpha value is -1.80. The first-order valence-corrected chi connectivity index (χ1v) is 4.79. The zero-order chi connectivity index (χ0) is 14.8. The molecule has 0 aliphatic rings. The molecule has 0 bridgehead atoms. The number of hydrogen-bond donors (Lipinski definition) is 1. The number of anilines is 1. The van der Waals surface area contributed by atoms with E-state index in [0.717, 1.165) is 18.2 Å². The number of benzene rings is 1. The summed E-state index contributed by atoms with van der Waals surface area (Å²) in [5, 5.41) is 0. The van der Waals surface area contributed by atoms with Crippen LogP contribution in [0.1, 0.15) is 0 Å². The summed E-state index contributed by atoms with van der Waals surface area (Å²) < 4.78 is 82.2. The number of ether oxygens (including phenoxy) is 2. The minimum Gasteiger partial charge on any atom is -0.494 e. The number of alkyl halides is 6. The molecule has 1 rings (SSSR count). The van der Waals surface area contributed by atoms with E-state index in [1.807, 2.05) is 0 Å². The molecule has 0 saturated heterocycles. The van der Waals surface area contributed by atoms with Gasteiger partial charge in [0.15, 0.2) is 0 Å². The van der Waals surface area contributed by atoms with E-state index >= 15 is 0 Å². The van der Waals surface area contributed by atoms with Crippen LogP contribution >= 0.6 is 0 Å². The third-order valence-electron chi connectivity index (χ3n) is 2.05. The first-order valence-electron chi connectivity index (χ1n) is 4.79. The van der Waals surface area contributed by atoms with Gasteiger partial charge in [0.05, 0.1) is 12.8 Å². The molecule has 0 atom stereocenters. The van der Waals surface area contributed by atoms with E-state index in [1.165, 1.54) is 7.11 Å². The molecule has 1 aromatic carbocycles. The van der Waals surface area contributed by atoms with Crippen LogP contribution in [0.15, 0.2) is 18.2 Å². The zero-order valence-corrected chi connectivity index (χ0v) is 9.47. The highest BCUT2D eigenvalue weighted by Gasteiger charge is 2.59. The number of methoxy groups -OCH3 is 1. The summed E-state index contributed by atoms with van der Waals surface area (Å²) in [6.07, 6.45) is -15.1. The number of rotatable bonds is 3. The van der Waals surface area contributed by atoms with E-state index in [2.05, 4.69) is 9.47 Å². The molecule has 9 heteroatoms. The first kappa shape index (κ1) is 15.3.